The van der Waals surface area contributed by atoms with Crippen LogP contribution in [-0.2, 0) is 0 Å². The fraction of sp³-hybridized carbons (Fsp3) is 0.556. The van der Waals surface area contributed by atoms with Gasteiger partial charge in [0.05, 0.1) is 0 Å². The molecule has 14 heavy (non-hydrogen) atoms. The largest absolute Gasteiger partial charge is 0.373 e. The van der Waals surface area contributed by atoms with Crippen molar-refractivity contribution in [3.05, 3.63) is 6.07 Å². The number of aromatic nitrogens is 2. The third-order valence-corrected chi connectivity index (χ3v) is 2.42. The van der Waals surface area contributed by atoms with Crippen LogP contribution in [0.2, 0.25) is 0 Å². The van der Waals surface area contributed by atoms with Gasteiger partial charge in [-0.2, -0.15) is 4.98 Å². The van der Waals surface area contributed by atoms with Crippen molar-refractivity contribution in [1.29, 1.82) is 0 Å². The maximum Gasteiger partial charge on any atom is 0.223 e. The van der Waals surface area contributed by atoms with Crippen molar-refractivity contribution in [2.45, 2.75) is 30.5 Å². The number of nitrogens with one attached hydrogen (secondary N) is 1. The van der Waals surface area contributed by atoms with Crippen LogP contribution in [0.1, 0.15) is 20.8 Å². The second-order valence-electron chi connectivity index (χ2n) is 3.91. The highest BCUT2D eigenvalue weighted by Gasteiger charge is 2.14. The highest BCUT2D eigenvalue weighted by Crippen LogP contribution is 2.31. The van der Waals surface area contributed by atoms with Crippen LogP contribution in [0.25, 0.3) is 0 Å². The number of nitrogen functional groups attached to an aromatic ring is 1. The number of nitrogens with two attached hydrogens (primary N) is 1. The summed E-state index contributed by atoms with van der Waals surface area (Å²) in [6.45, 7) is 6.40. The summed E-state index contributed by atoms with van der Waals surface area (Å²) in [7, 11) is 1.81. The molecule has 1 heterocycles. The maximum atomic E-state index is 5.58. The Bertz CT molecular complexity index is 319. The van der Waals surface area contributed by atoms with E-state index >= 15 is 0 Å². The first-order valence-electron chi connectivity index (χ1n) is 4.42. The predicted octanol–water partition coefficient (Wildman–Crippen LogP) is 1.99. The van der Waals surface area contributed by atoms with Crippen molar-refractivity contribution in [3.63, 3.8) is 0 Å². The number of nitrogens with zero attached hydrogens (tertiary/aromatic N) is 2. The first kappa shape index (κ1) is 11.1. The van der Waals surface area contributed by atoms with Gasteiger partial charge < -0.3 is 11.1 Å². The fourth-order valence-corrected chi connectivity index (χ4v) is 1.87. The van der Waals surface area contributed by atoms with Gasteiger partial charge in [0.1, 0.15) is 10.8 Å². The molecule has 0 aliphatic heterocycles. The molecule has 5 heteroatoms. The molecule has 0 atom stereocenters. The van der Waals surface area contributed by atoms with Crippen molar-refractivity contribution in [2.75, 3.05) is 18.1 Å². The van der Waals surface area contributed by atoms with Crippen LogP contribution in [0.4, 0.5) is 11.8 Å². The minimum atomic E-state index is 0.131. The van der Waals surface area contributed by atoms with Crippen LogP contribution in [0.15, 0.2) is 11.1 Å². The molecule has 0 fully saturated rings. The second-order valence-corrected chi connectivity index (χ2v) is 5.76. The van der Waals surface area contributed by atoms with Gasteiger partial charge >= 0.3 is 0 Å². The van der Waals surface area contributed by atoms with Crippen molar-refractivity contribution in [1.82, 2.24) is 9.97 Å². The zero-order chi connectivity index (χ0) is 10.8. The average molecular weight is 212 g/mol. The summed E-state index contributed by atoms with van der Waals surface area (Å²) in [6, 6.07) is 1.90. The lowest BCUT2D eigenvalue weighted by Gasteiger charge is -2.17. The van der Waals surface area contributed by atoms with E-state index < -0.39 is 0 Å². The van der Waals surface area contributed by atoms with Crippen LogP contribution < -0.4 is 11.1 Å². The quantitative estimate of drug-likeness (QED) is 0.580. The molecule has 0 radical (unpaired) electrons. The zero-order valence-corrected chi connectivity index (χ0v) is 9.77. The molecule has 3 N–H and O–H groups in total. The monoisotopic (exact) mass is 212 g/mol. The van der Waals surface area contributed by atoms with E-state index in [0.717, 1.165) is 10.8 Å². The Morgan fingerprint density at radius 3 is 2.50 bits per heavy atom. The molecule has 0 amide bonds. The third-order valence-electron chi connectivity index (χ3n) is 1.39. The average Bonchev–Trinajstić information content (AvgIpc) is 1.99. The predicted molar refractivity (Wildman–Crippen MR) is 61.6 cm³/mol. The van der Waals surface area contributed by atoms with Crippen molar-refractivity contribution < 1.29 is 0 Å². The summed E-state index contributed by atoms with van der Waals surface area (Å²) in [5, 5.41) is 3.85. The number of hydrogen-bond acceptors (Lipinski definition) is 5. The van der Waals surface area contributed by atoms with Gasteiger partial charge in [-0.25, -0.2) is 4.98 Å². The van der Waals surface area contributed by atoms with E-state index in [1.807, 2.05) is 13.1 Å². The smallest absolute Gasteiger partial charge is 0.223 e. The van der Waals surface area contributed by atoms with E-state index in [0.29, 0.717) is 5.95 Å². The van der Waals surface area contributed by atoms with E-state index in [9.17, 15) is 0 Å². The van der Waals surface area contributed by atoms with Gasteiger partial charge in [-0.05, 0) is 0 Å². The SMILES string of the molecule is CNc1cc(SC(C)(C)C)nc(N)n1. The first-order valence-corrected chi connectivity index (χ1v) is 5.24. The van der Waals surface area contributed by atoms with Gasteiger partial charge in [-0.3, -0.25) is 0 Å². The van der Waals surface area contributed by atoms with Gasteiger partial charge in [0, 0.05) is 17.9 Å². The molecule has 0 aliphatic carbocycles. The van der Waals surface area contributed by atoms with Crippen LogP contribution >= 0.6 is 11.8 Å². The number of anilines is 2. The molecule has 4 nitrogen and oxygen atoms in total. The normalized spacial score (nSPS) is 11.4. The Kier molecular flexibility index (Phi) is 3.21. The maximum absolute atomic E-state index is 5.58. The van der Waals surface area contributed by atoms with Crippen LogP contribution in [0.5, 0.6) is 0 Å². The second kappa shape index (κ2) is 4.04. The lowest BCUT2D eigenvalue weighted by atomic mass is 10.3. The summed E-state index contributed by atoms with van der Waals surface area (Å²) in [5.41, 5.74) is 5.58. The Labute approximate surface area is 88.7 Å². The summed E-state index contributed by atoms with van der Waals surface area (Å²) in [5.74, 6) is 1.06. The molecular formula is C9H16N4S. The lowest BCUT2D eigenvalue weighted by molar-refractivity contribution is 0.799. The minimum Gasteiger partial charge on any atom is -0.373 e. The van der Waals surface area contributed by atoms with Gasteiger partial charge in [0.2, 0.25) is 5.95 Å². The van der Waals surface area contributed by atoms with Crippen molar-refractivity contribution >= 4 is 23.5 Å². The van der Waals surface area contributed by atoms with Crippen LogP contribution in [0.3, 0.4) is 0 Å². The lowest BCUT2D eigenvalue weighted by Crippen LogP contribution is -2.09. The van der Waals surface area contributed by atoms with Crippen LogP contribution in [-0.4, -0.2) is 21.8 Å². The van der Waals surface area contributed by atoms with Crippen LogP contribution in [0, 0.1) is 0 Å². The molecule has 1 aromatic heterocycles. The molecular weight excluding hydrogens is 196 g/mol. The number of thioether (sulfide) groups is 1. The standard InChI is InChI=1S/C9H16N4S/c1-9(2,3)14-7-5-6(11-4)12-8(10)13-7/h5H,1-4H3,(H3,10,11,12,13). The number of hydrogen-bond donors (Lipinski definition) is 2. The zero-order valence-electron chi connectivity index (χ0n) is 8.96. The van der Waals surface area contributed by atoms with Gasteiger partial charge in [0.15, 0.2) is 0 Å². The van der Waals surface area contributed by atoms with Crippen molar-refractivity contribution in [2.24, 2.45) is 0 Å². The molecule has 0 aliphatic rings. The molecule has 0 saturated carbocycles. The van der Waals surface area contributed by atoms with E-state index in [2.05, 4.69) is 36.1 Å². The molecule has 78 valence electrons. The van der Waals surface area contributed by atoms with Gasteiger partial charge in [-0.15, -0.1) is 11.8 Å². The Morgan fingerprint density at radius 2 is 2.00 bits per heavy atom. The van der Waals surface area contributed by atoms with Gasteiger partial charge in [0.25, 0.3) is 0 Å². The van der Waals surface area contributed by atoms with Gasteiger partial charge in [-0.1, -0.05) is 20.8 Å². The highest BCUT2D eigenvalue weighted by molar-refractivity contribution is 8.00. The molecule has 0 bridgehead atoms. The van der Waals surface area contributed by atoms with Crippen molar-refractivity contribution in [3.8, 4) is 0 Å². The van der Waals surface area contributed by atoms with E-state index in [1.54, 1.807) is 11.8 Å². The minimum absolute atomic E-state index is 0.131. The Balaban J connectivity index is 2.92. The summed E-state index contributed by atoms with van der Waals surface area (Å²) < 4.78 is 0.131. The summed E-state index contributed by atoms with van der Waals surface area (Å²) in [6.07, 6.45) is 0. The first-order chi connectivity index (χ1) is 6.40. The molecule has 0 aromatic carbocycles. The number of rotatable bonds is 2. The molecule has 0 saturated heterocycles. The van der Waals surface area contributed by atoms with E-state index in [4.69, 9.17) is 5.73 Å². The summed E-state index contributed by atoms with van der Waals surface area (Å²) >= 11 is 1.67. The third kappa shape index (κ3) is 3.41. The molecule has 0 unspecified atom stereocenters. The van der Waals surface area contributed by atoms with E-state index in [-0.39, 0.29) is 4.75 Å². The van der Waals surface area contributed by atoms with E-state index in [1.165, 1.54) is 0 Å². The molecule has 1 aromatic rings. The Hall–Kier alpha value is -0.970. The highest BCUT2D eigenvalue weighted by atomic mass is 32.2. The Morgan fingerprint density at radius 1 is 1.36 bits per heavy atom. The molecule has 0 spiro atoms. The topological polar surface area (TPSA) is 63.8 Å². The fourth-order valence-electron chi connectivity index (χ4n) is 0.937. The molecule has 1 rings (SSSR count). The summed E-state index contributed by atoms with van der Waals surface area (Å²) in [4.78, 5) is 8.18.